The van der Waals surface area contributed by atoms with Crippen molar-refractivity contribution in [3.63, 3.8) is 0 Å². The summed E-state index contributed by atoms with van der Waals surface area (Å²) in [6.45, 7) is 0.358. The lowest BCUT2D eigenvalue weighted by atomic mass is 10.0. The van der Waals surface area contributed by atoms with E-state index < -0.39 is 11.8 Å². The van der Waals surface area contributed by atoms with Gasteiger partial charge >= 0.3 is 6.03 Å². The van der Waals surface area contributed by atoms with Crippen LogP contribution >= 0.6 is 0 Å². The van der Waals surface area contributed by atoms with Crippen molar-refractivity contribution in [1.29, 1.82) is 0 Å². The molecule has 8 heteroatoms. The number of hydrogen-bond donors (Lipinski definition) is 4. The molecule has 7 nitrogen and oxygen atoms in total. The van der Waals surface area contributed by atoms with Gasteiger partial charge in [-0.05, 0) is 23.8 Å². The second kappa shape index (κ2) is 7.67. The summed E-state index contributed by atoms with van der Waals surface area (Å²) in [5.41, 5.74) is 10.1. The summed E-state index contributed by atoms with van der Waals surface area (Å²) < 4.78 is 16.0. The van der Waals surface area contributed by atoms with E-state index in [-0.39, 0.29) is 6.04 Å². The van der Waals surface area contributed by atoms with Gasteiger partial charge in [-0.3, -0.25) is 4.68 Å². The maximum absolute atomic E-state index is 14.4. The van der Waals surface area contributed by atoms with Crippen molar-refractivity contribution in [2.45, 2.75) is 6.04 Å². The molecular formula is C21H21FN6O. The van der Waals surface area contributed by atoms with Gasteiger partial charge in [0.25, 0.3) is 0 Å². The zero-order chi connectivity index (χ0) is 20.4. The first-order valence-electron chi connectivity index (χ1n) is 9.16. The van der Waals surface area contributed by atoms with Crippen molar-refractivity contribution in [3.8, 4) is 11.1 Å². The molecule has 3 aromatic rings. The Bertz CT molecular complexity index is 1090. The van der Waals surface area contributed by atoms with E-state index in [1.165, 1.54) is 12.3 Å². The number of nitrogens with one attached hydrogen (secondary N) is 3. The van der Waals surface area contributed by atoms with Crippen molar-refractivity contribution >= 4 is 17.4 Å². The molecule has 0 fully saturated rings. The zero-order valence-corrected chi connectivity index (χ0v) is 15.8. The number of amides is 2. The Morgan fingerprint density at radius 2 is 2.14 bits per heavy atom. The van der Waals surface area contributed by atoms with E-state index >= 15 is 0 Å². The maximum Gasteiger partial charge on any atom is 0.319 e. The van der Waals surface area contributed by atoms with E-state index in [0.29, 0.717) is 23.4 Å². The Kier molecular flexibility index (Phi) is 4.90. The van der Waals surface area contributed by atoms with Crippen LogP contribution in [0.1, 0.15) is 17.2 Å². The molecule has 5 N–H and O–H groups in total. The van der Waals surface area contributed by atoms with Crippen LogP contribution in [-0.2, 0) is 7.05 Å². The van der Waals surface area contributed by atoms with Crippen LogP contribution in [0.5, 0.6) is 0 Å². The fraction of sp³-hybridized carbons (Fsp3) is 0.143. The van der Waals surface area contributed by atoms with E-state index in [1.807, 2.05) is 24.3 Å². The molecule has 29 heavy (non-hydrogen) atoms. The van der Waals surface area contributed by atoms with Gasteiger partial charge in [0.1, 0.15) is 5.82 Å². The Labute approximate surface area is 167 Å². The molecule has 148 valence electrons. The van der Waals surface area contributed by atoms with Gasteiger partial charge in [-0.2, -0.15) is 5.10 Å². The number of hydrogen-bond acceptors (Lipinski definition) is 4. The van der Waals surface area contributed by atoms with Gasteiger partial charge in [0.15, 0.2) is 0 Å². The van der Waals surface area contributed by atoms with E-state index in [9.17, 15) is 9.18 Å². The minimum absolute atomic E-state index is 0.0866. The molecule has 1 aliphatic heterocycles. The number of aromatic nitrogens is 2. The van der Waals surface area contributed by atoms with Crippen molar-refractivity contribution in [1.82, 2.24) is 20.4 Å². The Morgan fingerprint density at radius 3 is 2.86 bits per heavy atom. The molecule has 0 saturated heterocycles. The quantitative estimate of drug-likeness (QED) is 0.549. The molecule has 1 aromatic heterocycles. The van der Waals surface area contributed by atoms with Gasteiger partial charge in [-0.25, -0.2) is 9.18 Å². The van der Waals surface area contributed by atoms with E-state index in [0.717, 1.165) is 16.8 Å². The summed E-state index contributed by atoms with van der Waals surface area (Å²) >= 11 is 0. The molecule has 0 bridgehead atoms. The monoisotopic (exact) mass is 392 g/mol. The molecule has 0 aliphatic carbocycles. The van der Waals surface area contributed by atoms with Gasteiger partial charge in [0.2, 0.25) is 0 Å². The molecule has 1 aliphatic rings. The molecular weight excluding hydrogens is 371 g/mol. The van der Waals surface area contributed by atoms with Crippen LogP contribution in [0.15, 0.2) is 61.1 Å². The van der Waals surface area contributed by atoms with Crippen molar-refractivity contribution in [2.24, 2.45) is 12.8 Å². The number of nitrogens with zero attached hydrogens (tertiary/aromatic N) is 2. The average Bonchev–Trinajstić information content (AvgIpc) is 3.30. The third-order valence-corrected chi connectivity index (χ3v) is 4.83. The van der Waals surface area contributed by atoms with Crippen molar-refractivity contribution in [2.75, 3.05) is 11.9 Å². The SMILES string of the molecule is Cn1cc(-c2ccc(NC(=O)NCC3N/C(=C\N)c4ccccc43)cc2F)cn1. The smallest absolute Gasteiger partial charge is 0.319 e. The highest BCUT2D eigenvalue weighted by molar-refractivity contribution is 5.89. The van der Waals surface area contributed by atoms with Gasteiger partial charge < -0.3 is 21.7 Å². The summed E-state index contributed by atoms with van der Waals surface area (Å²) in [7, 11) is 1.77. The molecule has 0 saturated carbocycles. The van der Waals surface area contributed by atoms with E-state index in [4.69, 9.17) is 5.73 Å². The predicted molar refractivity (Wildman–Crippen MR) is 110 cm³/mol. The number of anilines is 1. The zero-order valence-electron chi connectivity index (χ0n) is 15.8. The summed E-state index contributed by atoms with van der Waals surface area (Å²) in [5.74, 6) is -0.431. The number of aryl methyl sites for hydroxylation is 1. The molecule has 0 radical (unpaired) electrons. The molecule has 1 unspecified atom stereocenters. The molecule has 2 aromatic carbocycles. The van der Waals surface area contributed by atoms with Crippen LogP contribution in [0.25, 0.3) is 16.8 Å². The number of carbonyl (C=O) groups is 1. The first kappa shape index (κ1) is 18.5. The second-order valence-corrected chi connectivity index (χ2v) is 6.80. The number of nitrogens with two attached hydrogens (primary N) is 1. The van der Waals surface area contributed by atoms with Crippen LogP contribution < -0.4 is 21.7 Å². The molecule has 2 amide bonds. The largest absolute Gasteiger partial charge is 0.403 e. The fourth-order valence-electron chi connectivity index (χ4n) is 3.45. The number of benzene rings is 2. The van der Waals surface area contributed by atoms with Crippen LogP contribution in [0.2, 0.25) is 0 Å². The first-order valence-corrected chi connectivity index (χ1v) is 9.16. The summed E-state index contributed by atoms with van der Waals surface area (Å²) in [4.78, 5) is 12.3. The minimum Gasteiger partial charge on any atom is -0.403 e. The van der Waals surface area contributed by atoms with Crippen LogP contribution in [0.3, 0.4) is 0 Å². The highest BCUT2D eigenvalue weighted by atomic mass is 19.1. The first-order chi connectivity index (χ1) is 14.0. The molecule has 4 rings (SSSR count). The second-order valence-electron chi connectivity index (χ2n) is 6.80. The topological polar surface area (TPSA) is 97.0 Å². The standard InChI is InChI=1S/C21H21FN6O/c1-28-12-13(10-25-28)15-7-6-14(8-18(15)22)26-21(29)24-11-20-17-5-3-2-4-16(17)19(9-23)27-20/h2-10,12,20,27H,11,23H2,1H3,(H2,24,26,29)/b19-9-. The van der Waals surface area contributed by atoms with Gasteiger partial charge in [-0.1, -0.05) is 24.3 Å². The number of rotatable bonds is 4. The predicted octanol–water partition coefficient (Wildman–Crippen LogP) is 2.95. The number of fused-ring (bicyclic) bond motifs is 1. The van der Waals surface area contributed by atoms with Crippen molar-refractivity contribution < 1.29 is 9.18 Å². The number of urea groups is 1. The lowest BCUT2D eigenvalue weighted by Crippen LogP contribution is -2.34. The van der Waals surface area contributed by atoms with E-state index in [2.05, 4.69) is 21.0 Å². The van der Waals surface area contributed by atoms with Crippen LogP contribution in [-0.4, -0.2) is 22.4 Å². The van der Waals surface area contributed by atoms with E-state index in [1.54, 1.807) is 36.3 Å². The van der Waals surface area contributed by atoms with Crippen LogP contribution in [0, 0.1) is 5.82 Å². The van der Waals surface area contributed by atoms with Gasteiger partial charge in [-0.15, -0.1) is 0 Å². The average molecular weight is 392 g/mol. The lowest BCUT2D eigenvalue weighted by molar-refractivity contribution is 0.251. The molecule has 1 atom stereocenters. The lowest BCUT2D eigenvalue weighted by Gasteiger charge is -2.15. The third kappa shape index (κ3) is 3.77. The van der Waals surface area contributed by atoms with Crippen molar-refractivity contribution in [3.05, 3.63) is 78.0 Å². The van der Waals surface area contributed by atoms with Gasteiger partial charge in [0.05, 0.1) is 17.9 Å². The third-order valence-electron chi connectivity index (χ3n) is 4.83. The number of carbonyl (C=O) groups excluding carboxylic acids is 1. The normalized spacial score (nSPS) is 16.3. The number of halogens is 1. The summed E-state index contributed by atoms with van der Waals surface area (Å²) in [5, 5.41) is 12.8. The Hall–Kier alpha value is -3.81. The molecule has 2 heterocycles. The fourth-order valence-corrected chi connectivity index (χ4v) is 3.45. The Morgan fingerprint density at radius 1 is 1.31 bits per heavy atom. The maximum atomic E-state index is 14.4. The van der Waals surface area contributed by atoms with Crippen LogP contribution in [0.4, 0.5) is 14.9 Å². The highest BCUT2D eigenvalue weighted by Crippen LogP contribution is 2.31. The summed E-state index contributed by atoms with van der Waals surface area (Å²) in [6.07, 6.45) is 4.84. The molecule has 0 spiro atoms. The van der Waals surface area contributed by atoms with Gasteiger partial charge in [0, 0.05) is 48.4 Å². The summed E-state index contributed by atoms with van der Waals surface area (Å²) in [6, 6.07) is 11.9. The Balaban J connectivity index is 1.39. The minimum atomic E-state index is -0.431. The highest BCUT2D eigenvalue weighted by Gasteiger charge is 2.25.